The van der Waals surface area contributed by atoms with Crippen molar-refractivity contribution >= 4 is 49.0 Å². The minimum atomic E-state index is -3.71. The average Bonchev–Trinajstić information content (AvgIpc) is 3.08. The van der Waals surface area contributed by atoms with Crippen LogP contribution in [0.25, 0.3) is 0 Å². The molecule has 0 aliphatic carbocycles. The lowest BCUT2D eigenvalue weighted by Gasteiger charge is -2.38. The second-order valence-electron chi connectivity index (χ2n) is 7.70. The zero-order chi connectivity index (χ0) is 22.3. The number of benzene rings is 1. The van der Waals surface area contributed by atoms with Crippen molar-refractivity contribution in [2.45, 2.75) is 30.3 Å². The summed E-state index contributed by atoms with van der Waals surface area (Å²) in [6, 6.07) is 3.44. The largest absolute Gasteiger partial charge is 0.340 e. The Hall–Kier alpha value is -0.910. The number of carbonyl (C=O) groups excluding carboxylic acids is 1. The molecule has 1 aromatic rings. The minimum Gasteiger partial charge on any atom is -0.340 e. The van der Waals surface area contributed by atoms with E-state index in [4.69, 9.17) is 23.2 Å². The first-order valence-electron chi connectivity index (χ1n) is 9.59. The number of sulfonamides is 1. The second kappa shape index (κ2) is 8.91. The van der Waals surface area contributed by atoms with Gasteiger partial charge in [0.1, 0.15) is 0 Å². The molecule has 3 rings (SSSR count). The Labute approximate surface area is 187 Å². The number of hydrogen-bond donors (Lipinski definition) is 0. The van der Waals surface area contributed by atoms with Gasteiger partial charge in [-0.25, -0.2) is 16.8 Å². The molecule has 0 N–H and O–H groups in total. The van der Waals surface area contributed by atoms with Gasteiger partial charge in [-0.2, -0.15) is 4.31 Å². The van der Waals surface area contributed by atoms with Crippen LogP contribution in [-0.4, -0.2) is 93.7 Å². The quantitative estimate of drug-likeness (QED) is 0.608. The summed E-state index contributed by atoms with van der Waals surface area (Å²) in [5.74, 6) is -0.0510. The van der Waals surface area contributed by atoms with Crippen LogP contribution in [0.15, 0.2) is 23.1 Å². The summed E-state index contributed by atoms with van der Waals surface area (Å²) in [5, 5.41) is 0.458. The van der Waals surface area contributed by atoms with E-state index in [-0.39, 0.29) is 51.5 Å². The summed E-state index contributed by atoms with van der Waals surface area (Å²) in [6.45, 7) is 3.03. The molecule has 0 saturated carbocycles. The predicted molar refractivity (Wildman–Crippen MR) is 116 cm³/mol. The number of rotatable bonds is 5. The predicted octanol–water partition coefficient (Wildman–Crippen LogP) is 1.33. The van der Waals surface area contributed by atoms with Crippen molar-refractivity contribution < 1.29 is 21.6 Å². The number of hydrogen-bond acceptors (Lipinski definition) is 6. The molecule has 0 bridgehead atoms. The SMILES string of the molecule is C[C@H](C(=O)N(C)[C@@H]1CCS(=O)(=O)C1)N1CCN(S(=O)(=O)c2ccc(Cl)c(Cl)c2)CC1. The molecule has 2 heterocycles. The average molecular weight is 498 g/mol. The zero-order valence-electron chi connectivity index (χ0n) is 16.8. The van der Waals surface area contributed by atoms with Crippen LogP contribution in [0.1, 0.15) is 13.3 Å². The highest BCUT2D eigenvalue weighted by atomic mass is 35.5. The molecule has 0 unspecified atom stereocenters. The molecule has 2 saturated heterocycles. The summed E-state index contributed by atoms with van der Waals surface area (Å²) < 4.78 is 50.5. The van der Waals surface area contributed by atoms with Crippen LogP contribution in [0, 0.1) is 0 Å². The van der Waals surface area contributed by atoms with Crippen LogP contribution >= 0.6 is 23.2 Å². The highest BCUT2D eigenvalue weighted by molar-refractivity contribution is 7.91. The molecule has 1 aromatic carbocycles. The molecule has 1 amide bonds. The molecule has 12 heteroatoms. The smallest absolute Gasteiger partial charge is 0.243 e. The molecule has 30 heavy (non-hydrogen) atoms. The number of sulfone groups is 1. The van der Waals surface area contributed by atoms with Crippen LogP contribution in [0.4, 0.5) is 0 Å². The maximum absolute atomic E-state index is 12.9. The normalized spacial score (nSPS) is 23.9. The molecule has 2 fully saturated rings. The summed E-state index contributed by atoms with van der Waals surface area (Å²) in [7, 11) is -5.16. The van der Waals surface area contributed by atoms with Crippen LogP contribution in [0.5, 0.6) is 0 Å². The zero-order valence-corrected chi connectivity index (χ0v) is 19.9. The second-order valence-corrected chi connectivity index (χ2v) is 12.7. The lowest BCUT2D eigenvalue weighted by atomic mass is 10.1. The molecule has 168 valence electrons. The first-order valence-corrected chi connectivity index (χ1v) is 13.6. The third kappa shape index (κ3) is 4.94. The van der Waals surface area contributed by atoms with E-state index in [9.17, 15) is 21.6 Å². The molecular formula is C18H25Cl2N3O5S2. The number of halogens is 2. The maximum atomic E-state index is 12.9. The highest BCUT2D eigenvalue weighted by Gasteiger charge is 2.37. The van der Waals surface area contributed by atoms with E-state index in [2.05, 4.69) is 0 Å². The van der Waals surface area contributed by atoms with E-state index < -0.39 is 25.9 Å². The van der Waals surface area contributed by atoms with Crippen LogP contribution in [0.2, 0.25) is 10.0 Å². The van der Waals surface area contributed by atoms with E-state index >= 15 is 0 Å². The monoisotopic (exact) mass is 497 g/mol. The van der Waals surface area contributed by atoms with Gasteiger partial charge in [-0.05, 0) is 31.5 Å². The fourth-order valence-electron chi connectivity index (χ4n) is 3.83. The molecule has 0 radical (unpaired) electrons. The standard InChI is InChI=1S/C18H25Cl2N3O5S2/c1-13(18(24)21(2)14-5-10-29(25,26)12-14)22-6-8-23(9-7-22)30(27,28)15-3-4-16(19)17(20)11-15/h3-4,11,13-14H,5-10,12H2,1-2H3/t13-,14-/m1/s1. The molecule has 8 nitrogen and oxygen atoms in total. The Balaban J connectivity index is 1.61. The van der Waals surface area contributed by atoms with E-state index in [0.717, 1.165) is 0 Å². The Bertz CT molecular complexity index is 1020. The Morgan fingerprint density at radius 3 is 2.33 bits per heavy atom. The number of piperazine rings is 1. The molecule has 2 aliphatic rings. The lowest BCUT2D eigenvalue weighted by Crippen LogP contribution is -2.56. The lowest BCUT2D eigenvalue weighted by molar-refractivity contribution is -0.137. The van der Waals surface area contributed by atoms with Crippen LogP contribution < -0.4 is 0 Å². The van der Waals surface area contributed by atoms with Gasteiger partial charge in [0.25, 0.3) is 0 Å². The van der Waals surface area contributed by atoms with E-state index in [1.54, 1.807) is 14.0 Å². The summed E-state index contributed by atoms with van der Waals surface area (Å²) in [4.78, 5) is 16.4. The Kier molecular flexibility index (Phi) is 7.06. The van der Waals surface area contributed by atoms with Gasteiger partial charge in [-0.15, -0.1) is 0 Å². The summed E-state index contributed by atoms with van der Waals surface area (Å²) in [6.07, 6.45) is 0.451. The van der Waals surface area contributed by atoms with Crippen molar-refractivity contribution in [3.63, 3.8) is 0 Å². The van der Waals surface area contributed by atoms with Gasteiger partial charge in [0.05, 0.1) is 32.5 Å². The molecular weight excluding hydrogens is 473 g/mol. The number of likely N-dealkylation sites (N-methyl/N-ethyl adjacent to an activating group) is 1. The minimum absolute atomic E-state index is 0.00235. The van der Waals surface area contributed by atoms with Crippen LogP contribution in [0.3, 0.4) is 0 Å². The van der Waals surface area contributed by atoms with Crippen molar-refractivity contribution in [2.24, 2.45) is 0 Å². The van der Waals surface area contributed by atoms with Gasteiger partial charge < -0.3 is 4.90 Å². The number of carbonyl (C=O) groups is 1. The third-order valence-corrected chi connectivity index (χ3v) is 10.2. The van der Waals surface area contributed by atoms with Crippen molar-refractivity contribution in [1.29, 1.82) is 0 Å². The fraction of sp³-hybridized carbons (Fsp3) is 0.611. The molecule has 0 spiro atoms. The van der Waals surface area contributed by atoms with Crippen LogP contribution in [-0.2, 0) is 24.7 Å². The third-order valence-electron chi connectivity index (χ3n) is 5.81. The first kappa shape index (κ1) is 23.7. The van der Waals surface area contributed by atoms with Crippen molar-refractivity contribution in [3.05, 3.63) is 28.2 Å². The summed E-state index contributed by atoms with van der Waals surface area (Å²) in [5.41, 5.74) is 0. The van der Waals surface area contributed by atoms with Gasteiger partial charge in [0.15, 0.2) is 9.84 Å². The van der Waals surface area contributed by atoms with Crippen molar-refractivity contribution in [2.75, 3.05) is 44.7 Å². The topological polar surface area (TPSA) is 95.1 Å². The molecule has 0 aromatic heterocycles. The van der Waals surface area contributed by atoms with E-state index in [1.165, 1.54) is 27.4 Å². The van der Waals surface area contributed by atoms with Gasteiger partial charge in [-0.1, -0.05) is 23.2 Å². The maximum Gasteiger partial charge on any atom is 0.243 e. The highest BCUT2D eigenvalue weighted by Crippen LogP contribution is 2.27. The Morgan fingerprint density at radius 2 is 1.80 bits per heavy atom. The first-order chi connectivity index (χ1) is 13.9. The van der Waals surface area contributed by atoms with Crippen molar-refractivity contribution in [3.8, 4) is 0 Å². The van der Waals surface area contributed by atoms with Gasteiger partial charge >= 0.3 is 0 Å². The van der Waals surface area contributed by atoms with Crippen molar-refractivity contribution in [1.82, 2.24) is 14.1 Å². The van der Waals surface area contributed by atoms with E-state index in [0.29, 0.717) is 19.5 Å². The van der Waals surface area contributed by atoms with Gasteiger partial charge in [-0.3, -0.25) is 9.69 Å². The summed E-state index contributed by atoms with van der Waals surface area (Å²) >= 11 is 11.8. The molecule has 2 atom stereocenters. The van der Waals surface area contributed by atoms with Gasteiger partial charge in [0.2, 0.25) is 15.9 Å². The van der Waals surface area contributed by atoms with E-state index in [1.807, 2.05) is 4.90 Å². The number of nitrogens with zero attached hydrogens (tertiary/aromatic N) is 3. The Morgan fingerprint density at radius 1 is 1.17 bits per heavy atom. The van der Waals surface area contributed by atoms with Gasteiger partial charge in [0, 0.05) is 39.3 Å². The number of amides is 1. The molecule has 2 aliphatic heterocycles. The fourth-order valence-corrected chi connectivity index (χ4v) is 7.42.